The van der Waals surface area contributed by atoms with Gasteiger partial charge in [-0.2, -0.15) is 0 Å². The fraction of sp³-hybridized carbons (Fsp3) is 0.304. The minimum absolute atomic E-state index is 0.0393. The number of amides is 3. The van der Waals surface area contributed by atoms with Crippen molar-refractivity contribution in [2.45, 2.75) is 19.3 Å². The number of imide groups is 1. The van der Waals surface area contributed by atoms with Crippen LogP contribution in [0.25, 0.3) is 0 Å². The van der Waals surface area contributed by atoms with Gasteiger partial charge in [-0.25, -0.2) is 4.79 Å². The quantitative estimate of drug-likeness (QED) is 0.692. The molecule has 0 atom stereocenters. The Balaban J connectivity index is 1.49. The van der Waals surface area contributed by atoms with Gasteiger partial charge < -0.3 is 15.2 Å². The number of para-hydroxylation sites is 1. The highest BCUT2D eigenvalue weighted by molar-refractivity contribution is 6.22. The highest BCUT2D eigenvalue weighted by Gasteiger charge is 2.36. The lowest BCUT2D eigenvalue weighted by atomic mass is 9.96. The summed E-state index contributed by atoms with van der Waals surface area (Å²) in [6.45, 7) is 1.75. The molecule has 2 aromatic rings. The molecule has 3 amide bonds. The van der Waals surface area contributed by atoms with Crippen molar-refractivity contribution in [3.63, 3.8) is 0 Å². The number of hydrogen-bond acceptors (Lipinski definition) is 5. The minimum atomic E-state index is -1.16. The van der Waals surface area contributed by atoms with Crippen molar-refractivity contribution in [3.05, 3.63) is 64.7 Å². The smallest absolute Gasteiger partial charge is 0.337 e. The van der Waals surface area contributed by atoms with E-state index in [9.17, 15) is 24.3 Å². The number of aromatic carboxylic acids is 1. The van der Waals surface area contributed by atoms with E-state index in [2.05, 4.69) is 5.32 Å². The van der Waals surface area contributed by atoms with Crippen molar-refractivity contribution < 1.29 is 29.0 Å². The van der Waals surface area contributed by atoms with Gasteiger partial charge in [-0.1, -0.05) is 12.1 Å². The van der Waals surface area contributed by atoms with E-state index in [1.807, 2.05) is 0 Å². The number of nitrogens with zero attached hydrogens (tertiary/aromatic N) is 1. The van der Waals surface area contributed by atoms with Crippen molar-refractivity contribution in [2.24, 2.45) is 5.92 Å². The average molecular weight is 422 g/mol. The molecule has 8 nitrogen and oxygen atoms in total. The van der Waals surface area contributed by atoms with Gasteiger partial charge >= 0.3 is 5.97 Å². The van der Waals surface area contributed by atoms with Crippen LogP contribution in [0.15, 0.2) is 42.5 Å². The van der Waals surface area contributed by atoms with Crippen LogP contribution in [0.2, 0.25) is 0 Å². The summed E-state index contributed by atoms with van der Waals surface area (Å²) in [5.41, 5.74) is 0.755. The van der Waals surface area contributed by atoms with E-state index in [-0.39, 0.29) is 33.8 Å². The van der Waals surface area contributed by atoms with Crippen LogP contribution in [0.3, 0.4) is 0 Å². The molecule has 2 aliphatic heterocycles. The number of benzene rings is 2. The van der Waals surface area contributed by atoms with Crippen molar-refractivity contribution in [1.82, 2.24) is 4.90 Å². The van der Waals surface area contributed by atoms with Gasteiger partial charge in [0.25, 0.3) is 17.7 Å². The molecule has 0 spiro atoms. The summed E-state index contributed by atoms with van der Waals surface area (Å²) >= 11 is 0. The molecular formula is C23H22N2O6. The highest BCUT2D eigenvalue weighted by Crippen LogP contribution is 2.27. The normalized spacial score (nSPS) is 16.3. The van der Waals surface area contributed by atoms with Crippen LogP contribution in [-0.4, -0.2) is 53.5 Å². The summed E-state index contributed by atoms with van der Waals surface area (Å²) in [6, 6.07) is 10.4. The van der Waals surface area contributed by atoms with Gasteiger partial charge in [0.05, 0.1) is 22.4 Å². The third-order valence-electron chi connectivity index (χ3n) is 5.74. The summed E-state index contributed by atoms with van der Waals surface area (Å²) in [6.07, 6.45) is 2.57. The van der Waals surface area contributed by atoms with Gasteiger partial charge in [-0.15, -0.1) is 0 Å². The number of hydrogen-bond donors (Lipinski definition) is 2. The van der Waals surface area contributed by atoms with Crippen molar-refractivity contribution in [2.75, 3.05) is 25.1 Å². The zero-order chi connectivity index (χ0) is 22.0. The summed E-state index contributed by atoms with van der Waals surface area (Å²) in [5, 5.41) is 11.8. The van der Waals surface area contributed by atoms with E-state index < -0.39 is 17.8 Å². The molecular weight excluding hydrogens is 400 g/mol. The number of fused-ring (bicyclic) bond motifs is 1. The van der Waals surface area contributed by atoms with Gasteiger partial charge in [0.1, 0.15) is 0 Å². The zero-order valence-corrected chi connectivity index (χ0v) is 16.8. The molecule has 0 aliphatic carbocycles. The maximum Gasteiger partial charge on any atom is 0.337 e. The lowest BCUT2D eigenvalue weighted by molar-refractivity contribution is 0.0536. The van der Waals surface area contributed by atoms with Gasteiger partial charge in [0, 0.05) is 25.3 Å². The minimum Gasteiger partial charge on any atom is -0.478 e. The molecule has 2 aliphatic rings. The van der Waals surface area contributed by atoms with Crippen LogP contribution in [-0.2, 0) is 4.74 Å². The third kappa shape index (κ3) is 4.20. The molecule has 0 unspecified atom stereocenters. The number of anilines is 1. The van der Waals surface area contributed by atoms with Gasteiger partial charge in [0.15, 0.2) is 0 Å². The summed E-state index contributed by atoms with van der Waals surface area (Å²) in [4.78, 5) is 50.8. The molecule has 0 aromatic heterocycles. The Kier molecular flexibility index (Phi) is 5.81. The fourth-order valence-corrected chi connectivity index (χ4v) is 3.95. The summed E-state index contributed by atoms with van der Waals surface area (Å²) in [5.74, 6) is -2.06. The molecule has 160 valence electrons. The Labute approximate surface area is 178 Å². The topological polar surface area (TPSA) is 113 Å². The van der Waals surface area contributed by atoms with Gasteiger partial charge in [0.2, 0.25) is 0 Å². The van der Waals surface area contributed by atoms with Crippen LogP contribution in [0.4, 0.5) is 5.69 Å². The predicted octanol–water partition coefficient (Wildman–Crippen LogP) is 3.05. The third-order valence-corrected chi connectivity index (χ3v) is 5.74. The molecule has 2 heterocycles. The first-order chi connectivity index (χ1) is 15.0. The Hall–Kier alpha value is -3.52. The summed E-state index contributed by atoms with van der Waals surface area (Å²) in [7, 11) is 0. The van der Waals surface area contributed by atoms with Crippen LogP contribution in [0.5, 0.6) is 0 Å². The second kappa shape index (κ2) is 8.69. The van der Waals surface area contributed by atoms with Crippen molar-refractivity contribution in [1.29, 1.82) is 0 Å². The number of carboxylic acids is 1. The van der Waals surface area contributed by atoms with Crippen molar-refractivity contribution >= 4 is 29.4 Å². The molecule has 8 heteroatoms. The number of carbonyl (C=O) groups excluding carboxylic acids is 3. The lowest BCUT2D eigenvalue weighted by Gasteiger charge is -2.23. The Morgan fingerprint density at radius 1 is 1.03 bits per heavy atom. The zero-order valence-electron chi connectivity index (χ0n) is 16.8. The number of nitrogens with one attached hydrogen (secondary N) is 1. The molecule has 0 saturated carbocycles. The lowest BCUT2D eigenvalue weighted by Crippen LogP contribution is -2.32. The first-order valence-corrected chi connectivity index (χ1v) is 10.2. The first kappa shape index (κ1) is 20.7. The number of ether oxygens (including phenoxy) is 1. The van der Waals surface area contributed by atoms with E-state index in [1.165, 1.54) is 35.2 Å². The molecule has 2 aromatic carbocycles. The van der Waals surface area contributed by atoms with Crippen LogP contribution < -0.4 is 5.32 Å². The Bertz CT molecular complexity index is 1060. The van der Waals surface area contributed by atoms with E-state index in [1.54, 1.807) is 12.1 Å². The monoisotopic (exact) mass is 422 g/mol. The Morgan fingerprint density at radius 2 is 1.74 bits per heavy atom. The van der Waals surface area contributed by atoms with E-state index >= 15 is 0 Å². The van der Waals surface area contributed by atoms with E-state index in [0.29, 0.717) is 25.7 Å². The van der Waals surface area contributed by atoms with Crippen LogP contribution in [0, 0.1) is 5.92 Å². The number of carbonyl (C=O) groups is 4. The number of carboxylic acid groups (broad SMARTS) is 1. The second-order valence-corrected chi connectivity index (χ2v) is 7.67. The molecule has 4 rings (SSSR count). The average Bonchev–Trinajstić information content (AvgIpc) is 3.02. The maximum atomic E-state index is 12.8. The number of rotatable bonds is 6. The molecule has 1 fully saturated rings. The largest absolute Gasteiger partial charge is 0.478 e. The first-order valence-electron chi connectivity index (χ1n) is 10.2. The van der Waals surface area contributed by atoms with Crippen LogP contribution >= 0.6 is 0 Å². The van der Waals surface area contributed by atoms with E-state index in [0.717, 1.165) is 19.3 Å². The van der Waals surface area contributed by atoms with Gasteiger partial charge in [-0.05, 0) is 55.5 Å². The molecule has 0 radical (unpaired) electrons. The van der Waals surface area contributed by atoms with E-state index in [4.69, 9.17) is 4.74 Å². The van der Waals surface area contributed by atoms with Gasteiger partial charge in [-0.3, -0.25) is 19.3 Å². The SMILES string of the molecule is O=C(Nc1ccccc1C(=O)O)c1ccc2c(c1)C(=O)N(CCC1CCOCC1)C2=O. The maximum absolute atomic E-state index is 12.8. The second-order valence-electron chi connectivity index (χ2n) is 7.67. The molecule has 2 N–H and O–H groups in total. The molecule has 0 bridgehead atoms. The van der Waals surface area contributed by atoms with Crippen LogP contribution in [0.1, 0.15) is 60.7 Å². The Morgan fingerprint density at radius 3 is 2.48 bits per heavy atom. The molecule has 31 heavy (non-hydrogen) atoms. The predicted molar refractivity (Wildman–Crippen MR) is 111 cm³/mol. The van der Waals surface area contributed by atoms with Crippen molar-refractivity contribution in [3.8, 4) is 0 Å². The standard InChI is InChI=1S/C23H22N2O6/c26-20(24-19-4-2-1-3-17(19)23(29)30)15-5-6-16-18(13-15)22(28)25(21(16)27)10-7-14-8-11-31-12-9-14/h1-6,13-14H,7-12H2,(H,24,26)(H,29,30). The highest BCUT2D eigenvalue weighted by atomic mass is 16.5. The summed E-state index contributed by atoms with van der Waals surface area (Å²) < 4.78 is 5.35. The molecule has 1 saturated heterocycles. The fourth-order valence-electron chi connectivity index (χ4n) is 3.95.